The summed E-state index contributed by atoms with van der Waals surface area (Å²) in [7, 11) is 0. The number of halogens is 1. The molecule has 0 amide bonds. The van der Waals surface area contributed by atoms with Crippen LogP contribution in [0.25, 0.3) is 11.1 Å². The summed E-state index contributed by atoms with van der Waals surface area (Å²) >= 11 is 0. The van der Waals surface area contributed by atoms with Crippen LogP contribution in [0.1, 0.15) is 48.3 Å². The predicted octanol–water partition coefficient (Wildman–Crippen LogP) is 6.40. The fraction of sp³-hybridized carbons (Fsp3) is 0.273. The van der Waals surface area contributed by atoms with Gasteiger partial charge in [-0.15, -0.1) is 0 Å². The number of aryl methyl sites for hydroxylation is 3. The summed E-state index contributed by atoms with van der Waals surface area (Å²) < 4.78 is 13.8. The van der Waals surface area contributed by atoms with Crippen molar-refractivity contribution in [1.29, 1.82) is 0 Å². The first-order valence-corrected chi connectivity index (χ1v) is 8.45. The number of hydrogen-bond donors (Lipinski definition) is 1. The summed E-state index contributed by atoms with van der Waals surface area (Å²) in [5, 5.41) is 0. The molecule has 0 bridgehead atoms. The van der Waals surface area contributed by atoms with Crippen molar-refractivity contribution in [3.63, 3.8) is 0 Å². The van der Waals surface area contributed by atoms with Crippen LogP contribution in [-0.2, 0) is 6.42 Å². The van der Waals surface area contributed by atoms with Crippen molar-refractivity contribution in [3.05, 3.63) is 83.0 Å². The Labute approximate surface area is 144 Å². The summed E-state index contributed by atoms with van der Waals surface area (Å²) in [6, 6.07) is 7.41. The van der Waals surface area contributed by atoms with E-state index in [0.29, 0.717) is 5.56 Å². The second kappa shape index (κ2) is 7.96. The van der Waals surface area contributed by atoms with E-state index in [1.54, 1.807) is 19.1 Å². The van der Waals surface area contributed by atoms with Gasteiger partial charge in [-0.05, 0) is 73.2 Å². The lowest BCUT2D eigenvalue weighted by Crippen LogP contribution is -1.89. The highest BCUT2D eigenvalue weighted by molar-refractivity contribution is 5.86. The molecular formula is C22H26FN. The van der Waals surface area contributed by atoms with Gasteiger partial charge in [-0.3, -0.25) is 0 Å². The highest BCUT2D eigenvalue weighted by atomic mass is 19.1. The molecule has 0 atom stereocenters. The zero-order valence-corrected chi connectivity index (χ0v) is 15.0. The van der Waals surface area contributed by atoms with Gasteiger partial charge in [-0.25, -0.2) is 4.39 Å². The van der Waals surface area contributed by atoms with Gasteiger partial charge in [0.05, 0.1) is 0 Å². The van der Waals surface area contributed by atoms with Crippen molar-refractivity contribution in [3.8, 4) is 0 Å². The van der Waals surface area contributed by atoms with Crippen LogP contribution in [0, 0.1) is 19.7 Å². The lowest BCUT2D eigenvalue weighted by molar-refractivity contribution is 0.618. The van der Waals surface area contributed by atoms with E-state index in [9.17, 15) is 4.39 Å². The zero-order chi connectivity index (χ0) is 17.7. The largest absolute Gasteiger partial charge is 0.358 e. The second-order valence-electron chi connectivity index (χ2n) is 6.18. The van der Waals surface area contributed by atoms with Crippen LogP contribution in [0.15, 0.2) is 49.1 Å². The molecule has 1 aromatic heterocycles. The van der Waals surface area contributed by atoms with Gasteiger partial charge in [0.1, 0.15) is 5.82 Å². The van der Waals surface area contributed by atoms with E-state index in [1.807, 2.05) is 25.1 Å². The lowest BCUT2D eigenvalue weighted by Gasteiger charge is -2.06. The zero-order valence-electron chi connectivity index (χ0n) is 15.0. The van der Waals surface area contributed by atoms with Crippen LogP contribution in [0.4, 0.5) is 4.39 Å². The molecule has 0 saturated heterocycles. The summed E-state index contributed by atoms with van der Waals surface area (Å²) in [5.74, 6) is -0.199. The van der Waals surface area contributed by atoms with Crippen LogP contribution < -0.4 is 0 Å². The molecule has 2 rings (SSSR count). The van der Waals surface area contributed by atoms with Crippen molar-refractivity contribution >= 4 is 11.1 Å². The highest BCUT2D eigenvalue weighted by Crippen LogP contribution is 2.25. The lowest BCUT2D eigenvalue weighted by atomic mass is 10.0. The van der Waals surface area contributed by atoms with Crippen molar-refractivity contribution < 1.29 is 4.39 Å². The topological polar surface area (TPSA) is 15.8 Å². The van der Waals surface area contributed by atoms with Crippen molar-refractivity contribution in [2.75, 3.05) is 0 Å². The van der Waals surface area contributed by atoms with Gasteiger partial charge in [0.15, 0.2) is 0 Å². The van der Waals surface area contributed by atoms with Crippen molar-refractivity contribution in [2.45, 2.75) is 40.5 Å². The molecule has 2 aromatic rings. The van der Waals surface area contributed by atoms with Crippen molar-refractivity contribution in [2.24, 2.45) is 0 Å². The Morgan fingerprint density at radius 3 is 2.58 bits per heavy atom. The van der Waals surface area contributed by atoms with Gasteiger partial charge in [-0.1, -0.05) is 44.2 Å². The Balaban J connectivity index is 2.38. The monoisotopic (exact) mass is 323 g/mol. The van der Waals surface area contributed by atoms with E-state index in [-0.39, 0.29) is 5.82 Å². The van der Waals surface area contributed by atoms with E-state index in [4.69, 9.17) is 0 Å². The molecule has 0 fully saturated rings. The third-order valence-electron chi connectivity index (χ3n) is 4.15. The number of allylic oxidation sites excluding steroid dienone is 5. The van der Waals surface area contributed by atoms with Gasteiger partial charge in [0.25, 0.3) is 0 Å². The van der Waals surface area contributed by atoms with Gasteiger partial charge in [0, 0.05) is 11.4 Å². The van der Waals surface area contributed by atoms with Gasteiger partial charge in [-0.2, -0.15) is 0 Å². The fourth-order valence-electron chi connectivity index (χ4n) is 2.72. The molecule has 0 aliphatic rings. The maximum atomic E-state index is 13.8. The highest BCUT2D eigenvalue weighted by Gasteiger charge is 2.08. The molecule has 0 aliphatic carbocycles. The number of rotatable bonds is 6. The average molecular weight is 323 g/mol. The Kier molecular flexibility index (Phi) is 5.97. The number of H-pyrrole nitrogens is 1. The number of hydrogen-bond acceptors (Lipinski definition) is 0. The molecule has 0 spiro atoms. The maximum Gasteiger partial charge on any atom is 0.126 e. The summed E-state index contributed by atoms with van der Waals surface area (Å²) in [4.78, 5) is 3.51. The average Bonchev–Trinajstić information content (AvgIpc) is 2.91. The first-order chi connectivity index (χ1) is 11.5. The molecular weight excluding hydrogens is 297 g/mol. The standard InChI is InChI=1S/C22H26FN/c1-6-8-19(22-13-17(5)21(24-22)9-7-2)12-16(4)18-11-10-15(3)20(23)14-18/h6,8,10-14,24H,4,7,9H2,1-3,5H3/b8-6-,19-12+. The maximum absolute atomic E-state index is 13.8. The minimum absolute atomic E-state index is 0.199. The summed E-state index contributed by atoms with van der Waals surface area (Å²) in [5.41, 5.74) is 6.91. The number of aromatic nitrogens is 1. The van der Waals surface area contributed by atoms with E-state index in [1.165, 1.54) is 11.3 Å². The second-order valence-corrected chi connectivity index (χ2v) is 6.18. The van der Waals surface area contributed by atoms with E-state index in [0.717, 1.165) is 35.2 Å². The fourth-order valence-corrected chi connectivity index (χ4v) is 2.72. The minimum atomic E-state index is -0.199. The van der Waals surface area contributed by atoms with Gasteiger partial charge < -0.3 is 4.98 Å². The predicted molar refractivity (Wildman–Crippen MR) is 102 cm³/mol. The third kappa shape index (κ3) is 4.14. The molecule has 1 heterocycles. The van der Waals surface area contributed by atoms with E-state index in [2.05, 4.69) is 37.6 Å². The quantitative estimate of drug-likeness (QED) is 0.592. The molecule has 0 saturated carbocycles. The smallest absolute Gasteiger partial charge is 0.126 e. The Hall–Kier alpha value is -2.35. The molecule has 0 unspecified atom stereocenters. The van der Waals surface area contributed by atoms with Crippen LogP contribution >= 0.6 is 0 Å². The molecule has 1 aromatic carbocycles. The summed E-state index contributed by atoms with van der Waals surface area (Å²) in [6.45, 7) is 12.2. The summed E-state index contributed by atoms with van der Waals surface area (Å²) in [6.07, 6.45) is 8.21. The normalized spacial score (nSPS) is 12.1. The number of aromatic amines is 1. The van der Waals surface area contributed by atoms with Crippen LogP contribution in [-0.4, -0.2) is 4.98 Å². The number of benzene rings is 1. The Morgan fingerprint density at radius 1 is 1.21 bits per heavy atom. The molecule has 24 heavy (non-hydrogen) atoms. The first-order valence-electron chi connectivity index (χ1n) is 8.45. The van der Waals surface area contributed by atoms with Gasteiger partial charge >= 0.3 is 0 Å². The minimum Gasteiger partial charge on any atom is -0.358 e. The van der Waals surface area contributed by atoms with E-state index < -0.39 is 0 Å². The SMILES string of the molecule is C=C(/C=C(\C=C/C)c1cc(C)c(CCC)[nH]1)c1ccc(C)c(F)c1. The third-order valence-corrected chi connectivity index (χ3v) is 4.15. The molecule has 1 N–H and O–H groups in total. The molecule has 1 nitrogen and oxygen atoms in total. The molecule has 0 radical (unpaired) electrons. The molecule has 0 aliphatic heterocycles. The first kappa shape index (κ1) is 18.0. The van der Waals surface area contributed by atoms with Gasteiger partial charge in [0.2, 0.25) is 0 Å². The van der Waals surface area contributed by atoms with Crippen LogP contribution in [0.3, 0.4) is 0 Å². The van der Waals surface area contributed by atoms with Crippen LogP contribution in [0.5, 0.6) is 0 Å². The number of nitrogens with one attached hydrogen (secondary N) is 1. The molecule has 126 valence electrons. The van der Waals surface area contributed by atoms with Crippen LogP contribution in [0.2, 0.25) is 0 Å². The Morgan fingerprint density at radius 2 is 1.96 bits per heavy atom. The van der Waals surface area contributed by atoms with Crippen molar-refractivity contribution in [1.82, 2.24) is 4.98 Å². The van der Waals surface area contributed by atoms with E-state index >= 15 is 0 Å². The Bertz CT molecular complexity index is 790. The molecule has 2 heteroatoms.